The van der Waals surface area contributed by atoms with Crippen LogP contribution < -0.4 is 5.32 Å². The molecule has 6 heteroatoms. The van der Waals surface area contributed by atoms with E-state index < -0.39 is 17.6 Å². The Labute approximate surface area is 132 Å². The first kappa shape index (κ1) is 17.0. The Morgan fingerprint density at radius 2 is 1.87 bits per heavy atom. The number of alkyl halides is 3. The number of nitrogens with one attached hydrogen (secondary N) is 1. The van der Waals surface area contributed by atoms with Crippen molar-refractivity contribution in [3.63, 3.8) is 0 Å². The van der Waals surface area contributed by atoms with Crippen LogP contribution in [0.5, 0.6) is 0 Å². The van der Waals surface area contributed by atoms with Crippen LogP contribution in [0.2, 0.25) is 0 Å². The van der Waals surface area contributed by atoms with Crippen molar-refractivity contribution in [2.24, 2.45) is 0 Å². The number of hydrogen-bond acceptors (Lipinski definition) is 2. The second-order valence-electron chi connectivity index (χ2n) is 5.61. The summed E-state index contributed by atoms with van der Waals surface area (Å²) in [7, 11) is 0. The van der Waals surface area contributed by atoms with Gasteiger partial charge in [-0.25, -0.2) is 0 Å². The third-order valence-electron chi connectivity index (χ3n) is 3.48. The molecule has 1 N–H and O–H groups in total. The quantitative estimate of drug-likeness (QED) is 0.883. The number of aryl methyl sites for hydroxylation is 1. The molecule has 0 atom stereocenters. The first-order chi connectivity index (χ1) is 10.7. The molecule has 0 fully saturated rings. The first-order valence-corrected chi connectivity index (χ1v) is 7.13. The van der Waals surface area contributed by atoms with Gasteiger partial charge in [0.25, 0.3) is 5.91 Å². The van der Waals surface area contributed by atoms with Gasteiger partial charge >= 0.3 is 6.18 Å². The van der Waals surface area contributed by atoms with Crippen LogP contribution >= 0.6 is 0 Å². The molecule has 1 aromatic carbocycles. The van der Waals surface area contributed by atoms with E-state index in [1.54, 1.807) is 6.07 Å². The number of anilines is 1. The summed E-state index contributed by atoms with van der Waals surface area (Å²) in [5.41, 5.74) is 1.52. The van der Waals surface area contributed by atoms with Gasteiger partial charge in [0.05, 0.1) is 5.56 Å². The minimum atomic E-state index is -4.51. The van der Waals surface area contributed by atoms with Gasteiger partial charge in [-0.1, -0.05) is 19.9 Å². The van der Waals surface area contributed by atoms with Crippen molar-refractivity contribution < 1.29 is 18.0 Å². The fraction of sp³-hybridized carbons (Fsp3) is 0.294. The number of carbonyl (C=O) groups is 1. The number of hydrogen-bond donors (Lipinski definition) is 1. The van der Waals surface area contributed by atoms with Crippen LogP contribution in [0.4, 0.5) is 18.9 Å². The van der Waals surface area contributed by atoms with Gasteiger partial charge in [-0.05, 0) is 48.2 Å². The Bertz CT molecular complexity index is 724. The van der Waals surface area contributed by atoms with Crippen molar-refractivity contribution in [3.05, 3.63) is 58.9 Å². The highest BCUT2D eigenvalue weighted by molar-refractivity contribution is 6.03. The highest BCUT2D eigenvalue weighted by atomic mass is 19.4. The van der Waals surface area contributed by atoms with Crippen molar-refractivity contribution in [2.45, 2.75) is 32.9 Å². The maximum atomic E-state index is 12.7. The second kappa shape index (κ2) is 6.40. The van der Waals surface area contributed by atoms with Gasteiger partial charge in [0.1, 0.15) is 5.69 Å². The van der Waals surface area contributed by atoms with Crippen LogP contribution in [0, 0.1) is 6.92 Å². The number of carbonyl (C=O) groups excluding carboxylic acids is 1. The van der Waals surface area contributed by atoms with Crippen molar-refractivity contribution >= 4 is 11.6 Å². The van der Waals surface area contributed by atoms with E-state index in [1.807, 2.05) is 32.9 Å². The maximum absolute atomic E-state index is 12.7. The largest absolute Gasteiger partial charge is 0.416 e. The van der Waals surface area contributed by atoms with E-state index in [2.05, 4.69) is 10.3 Å². The monoisotopic (exact) mass is 322 g/mol. The molecule has 0 saturated carbocycles. The Morgan fingerprint density at radius 1 is 1.17 bits per heavy atom. The fourth-order valence-electron chi connectivity index (χ4n) is 2.27. The summed E-state index contributed by atoms with van der Waals surface area (Å²) < 4.78 is 38.1. The standard InChI is InChI=1S/C17H17F3N2O/c1-10(2)14-9-13(5-4-11(14)3)22-16(23)15-8-12(6-7-21-15)17(18,19)20/h4-10H,1-3H3,(H,22,23). The number of aromatic nitrogens is 1. The molecule has 1 aromatic heterocycles. The smallest absolute Gasteiger partial charge is 0.321 e. The minimum Gasteiger partial charge on any atom is -0.321 e. The first-order valence-electron chi connectivity index (χ1n) is 7.13. The second-order valence-corrected chi connectivity index (χ2v) is 5.61. The molecule has 122 valence electrons. The number of nitrogens with zero attached hydrogens (tertiary/aromatic N) is 1. The molecule has 2 rings (SSSR count). The van der Waals surface area contributed by atoms with E-state index in [4.69, 9.17) is 0 Å². The average Bonchev–Trinajstić information content (AvgIpc) is 2.48. The molecule has 2 aromatic rings. The van der Waals surface area contributed by atoms with E-state index in [-0.39, 0.29) is 11.6 Å². The third kappa shape index (κ3) is 4.09. The van der Waals surface area contributed by atoms with Gasteiger partial charge in [-0.2, -0.15) is 13.2 Å². The minimum absolute atomic E-state index is 0.272. The molecule has 0 unspecified atom stereocenters. The van der Waals surface area contributed by atoms with Gasteiger partial charge < -0.3 is 5.32 Å². The van der Waals surface area contributed by atoms with E-state index in [0.717, 1.165) is 29.5 Å². The lowest BCUT2D eigenvalue weighted by molar-refractivity contribution is -0.137. The van der Waals surface area contributed by atoms with Crippen molar-refractivity contribution in [1.82, 2.24) is 4.98 Å². The Kier molecular flexibility index (Phi) is 4.73. The van der Waals surface area contributed by atoms with Crippen LogP contribution in [0.25, 0.3) is 0 Å². The number of pyridine rings is 1. The molecule has 0 bridgehead atoms. The molecule has 23 heavy (non-hydrogen) atoms. The summed E-state index contributed by atoms with van der Waals surface area (Å²) in [6, 6.07) is 6.98. The predicted octanol–water partition coefficient (Wildman–Crippen LogP) is 4.78. The number of halogens is 3. The fourth-order valence-corrected chi connectivity index (χ4v) is 2.27. The van der Waals surface area contributed by atoms with Crippen LogP contribution in [0.15, 0.2) is 36.5 Å². The third-order valence-corrected chi connectivity index (χ3v) is 3.48. The van der Waals surface area contributed by atoms with Crippen LogP contribution in [0.1, 0.15) is 46.9 Å². The Balaban J connectivity index is 2.24. The molecule has 3 nitrogen and oxygen atoms in total. The van der Waals surface area contributed by atoms with Crippen molar-refractivity contribution in [3.8, 4) is 0 Å². The molecule has 0 spiro atoms. The zero-order chi connectivity index (χ0) is 17.2. The summed E-state index contributed by atoms with van der Waals surface area (Å²) in [6.07, 6.45) is -3.53. The highest BCUT2D eigenvalue weighted by Crippen LogP contribution is 2.29. The number of benzene rings is 1. The highest BCUT2D eigenvalue weighted by Gasteiger charge is 2.31. The lowest BCUT2D eigenvalue weighted by Crippen LogP contribution is -2.16. The maximum Gasteiger partial charge on any atom is 0.416 e. The van der Waals surface area contributed by atoms with E-state index in [9.17, 15) is 18.0 Å². The Hall–Kier alpha value is -2.37. The Morgan fingerprint density at radius 3 is 2.48 bits per heavy atom. The average molecular weight is 322 g/mol. The summed E-state index contributed by atoms with van der Waals surface area (Å²) in [5, 5.41) is 2.59. The summed E-state index contributed by atoms with van der Waals surface area (Å²) >= 11 is 0. The molecular weight excluding hydrogens is 305 g/mol. The zero-order valence-corrected chi connectivity index (χ0v) is 13.0. The molecule has 0 saturated heterocycles. The van der Waals surface area contributed by atoms with Crippen molar-refractivity contribution in [2.75, 3.05) is 5.32 Å². The topological polar surface area (TPSA) is 42.0 Å². The summed E-state index contributed by atoms with van der Waals surface area (Å²) in [6.45, 7) is 6.03. The molecule has 0 aliphatic rings. The van der Waals surface area contributed by atoms with E-state index in [1.165, 1.54) is 0 Å². The number of amides is 1. The van der Waals surface area contributed by atoms with Gasteiger partial charge in [-0.3, -0.25) is 9.78 Å². The van der Waals surface area contributed by atoms with Gasteiger partial charge in [0, 0.05) is 11.9 Å². The molecule has 1 amide bonds. The van der Waals surface area contributed by atoms with E-state index >= 15 is 0 Å². The van der Waals surface area contributed by atoms with Crippen molar-refractivity contribution in [1.29, 1.82) is 0 Å². The van der Waals surface area contributed by atoms with Crippen LogP contribution in [-0.4, -0.2) is 10.9 Å². The van der Waals surface area contributed by atoms with Crippen LogP contribution in [0.3, 0.4) is 0 Å². The van der Waals surface area contributed by atoms with E-state index in [0.29, 0.717) is 5.69 Å². The molecular formula is C17H17F3N2O. The lowest BCUT2D eigenvalue weighted by atomic mass is 9.97. The summed E-state index contributed by atoms with van der Waals surface area (Å²) in [5.74, 6) is -0.395. The lowest BCUT2D eigenvalue weighted by Gasteiger charge is -2.13. The normalized spacial score (nSPS) is 11.6. The van der Waals surface area contributed by atoms with Gasteiger partial charge in [0.2, 0.25) is 0 Å². The predicted molar refractivity (Wildman–Crippen MR) is 82.5 cm³/mol. The molecule has 0 aliphatic heterocycles. The molecule has 1 heterocycles. The van der Waals surface area contributed by atoms with Gasteiger partial charge in [-0.15, -0.1) is 0 Å². The van der Waals surface area contributed by atoms with Gasteiger partial charge in [0.15, 0.2) is 0 Å². The summed E-state index contributed by atoms with van der Waals surface area (Å²) in [4.78, 5) is 15.8. The zero-order valence-electron chi connectivity index (χ0n) is 13.0. The molecule has 0 radical (unpaired) electrons. The van der Waals surface area contributed by atoms with Crippen LogP contribution in [-0.2, 0) is 6.18 Å². The molecule has 0 aliphatic carbocycles. The SMILES string of the molecule is Cc1ccc(NC(=O)c2cc(C(F)(F)F)ccn2)cc1C(C)C. The number of rotatable bonds is 3.